The number of hydrogen-bond acceptors (Lipinski definition) is 2. The molecular formula is C16H23FN2O. The number of halogens is 1. The molecule has 20 heavy (non-hydrogen) atoms. The molecule has 1 aliphatic rings. The van der Waals surface area contributed by atoms with Crippen LogP contribution in [0.2, 0.25) is 0 Å². The van der Waals surface area contributed by atoms with Crippen LogP contribution in [0.15, 0.2) is 18.2 Å². The minimum atomic E-state index is -0.323. The largest absolute Gasteiger partial charge is 0.345 e. The standard InChI is InChI=1S/C16H23FN2O/c1-11-9-13(17)6-7-14(11)15(20)19-16(10-18)8-4-3-5-12(16)2/h6-7,9,12H,3-5,8,10,18H2,1-2H3,(H,19,20). The lowest BCUT2D eigenvalue weighted by Gasteiger charge is -2.42. The molecule has 0 heterocycles. The monoisotopic (exact) mass is 278 g/mol. The summed E-state index contributed by atoms with van der Waals surface area (Å²) in [5, 5.41) is 3.12. The molecule has 3 N–H and O–H groups in total. The van der Waals surface area contributed by atoms with Gasteiger partial charge in [0.1, 0.15) is 5.82 Å². The highest BCUT2D eigenvalue weighted by atomic mass is 19.1. The highest BCUT2D eigenvalue weighted by Crippen LogP contribution is 2.33. The Labute approximate surface area is 119 Å². The van der Waals surface area contributed by atoms with Crippen molar-refractivity contribution in [2.45, 2.75) is 45.1 Å². The van der Waals surface area contributed by atoms with E-state index in [9.17, 15) is 9.18 Å². The first-order valence-corrected chi connectivity index (χ1v) is 7.27. The molecule has 1 amide bonds. The molecule has 1 aromatic carbocycles. The van der Waals surface area contributed by atoms with Gasteiger partial charge in [-0.1, -0.05) is 19.8 Å². The SMILES string of the molecule is Cc1cc(F)ccc1C(=O)NC1(CN)CCCCC1C. The lowest BCUT2D eigenvalue weighted by molar-refractivity contribution is 0.0812. The van der Waals surface area contributed by atoms with Crippen molar-refractivity contribution in [1.29, 1.82) is 0 Å². The van der Waals surface area contributed by atoms with Crippen LogP contribution in [0.4, 0.5) is 4.39 Å². The Hall–Kier alpha value is -1.42. The first-order chi connectivity index (χ1) is 9.48. The number of benzene rings is 1. The number of nitrogens with one attached hydrogen (secondary N) is 1. The molecule has 1 fully saturated rings. The average molecular weight is 278 g/mol. The third-order valence-corrected chi connectivity index (χ3v) is 4.61. The van der Waals surface area contributed by atoms with Crippen LogP contribution in [0.1, 0.15) is 48.5 Å². The maximum absolute atomic E-state index is 13.1. The summed E-state index contributed by atoms with van der Waals surface area (Å²) < 4.78 is 13.1. The first kappa shape index (κ1) is 15.0. The Balaban J connectivity index is 2.20. The topological polar surface area (TPSA) is 55.1 Å². The van der Waals surface area contributed by atoms with Crippen molar-refractivity contribution in [2.24, 2.45) is 11.7 Å². The van der Waals surface area contributed by atoms with Crippen LogP contribution in [0.5, 0.6) is 0 Å². The smallest absolute Gasteiger partial charge is 0.252 e. The van der Waals surface area contributed by atoms with Gasteiger partial charge in [-0.3, -0.25) is 4.79 Å². The summed E-state index contributed by atoms with van der Waals surface area (Å²) in [7, 11) is 0. The number of amides is 1. The Kier molecular flexibility index (Phi) is 4.43. The van der Waals surface area contributed by atoms with Crippen molar-refractivity contribution in [3.05, 3.63) is 35.1 Å². The summed E-state index contributed by atoms with van der Waals surface area (Å²) in [4.78, 5) is 12.5. The second kappa shape index (κ2) is 5.92. The van der Waals surface area contributed by atoms with Gasteiger partial charge in [-0.2, -0.15) is 0 Å². The van der Waals surface area contributed by atoms with Crippen molar-refractivity contribution < 1.29 is 9.18 Å². The van der Waals surface area contributed by atoms with Crippen LogP contribution in [-0.2, 0) is 0 Å². The molecule has 1 saturated carbocycles. The number of carbonyl (C=O) groups excluding carboxylic acids is 1. The number of hydrogen-bond donors (Lipinski definition) is 2. The maximum Gasteiger partial charge on any atom is 0.252 e. The summed E-state index contributed by atoms with van der Waals surface area (Å²) >= 11 is 0. The fourth-order valence-electron chi connectivity index (χ4n) is 3.13. The summed E-state index contributed by atoms with van der Waals surface area (Å²) in [6.07, 6.45) is 4.27. The van der Waals surface area contributed by atoms with E-state index in [0.717, 1.165) is 19.3 Å². The molecule has 0 bridgehead atoms. The minimum absolute atomic E-state index is 0.151. The molecule has 1 aromatic rings. The number of nitrogens with two attached hydrogens (primary N) is 1. The van der Waals surface area contributed by atoms with E-state index in [1.54, 1.807) is 6.92 Å². The van der Waals surface area contributed by atoms with Crippen LogP contribution in [0.25, 0.3) is 0 Å². The van der Waals surface area contributed by atoms with E-state index in [0.29, 0.717) is 23.6 Å². The molecule has 1 aliphatic carbocycles. The van der Waals surface area contributed by atoms with Gasteiger partial charge in [-0.25, -0.2) is 4.39 Å². The molecule has 2 rings (SSSR count). The van der Waals surface area contributed by atoms with Crippen molar-refractivity contribution in [1.82, 2.24) is 5.32 Å². The van der Waals surface area contributed by atoms with E-state index in [1.165, 1.54) is 24.6 Å². The fourth-order valence-corrected chi connectivity index (χ4v) is 3.13. The molecule has 0 aromatic heterocycles. The van der Waals surface area contributed by atoms with Crippen LogP contribution < -0.4 is 11.1 Å². The first-order valence-electron chi connectivity index (χ1n) is 7.27. The van der Waals surface area contributed by atoms with E-state index < -0.39 is 0 Å². The summed E-state index contributed by atoms with van der Waals surface area (Å²) in [6, 6.07) is 4.24. The third kappa shape index (κ3) is 2.85. The van der Waals surface area contributed by atoms with Gasteiger partial charge in [0.2, 0.25) is 0 Å². The zero-order valence-corrected chi connectivity index (χ0v) is 12.2. The molecule has 2 unspecified atom stereocenters. The zero-order valence-electron chi connectivity index (χ0n) is 12.2. The predicted octanol–water partition coefficient (Wildman–Crippen LogP) is 2.77. The molecule has 0 saturated heterocycles. The van der Waals surface area contributed by atoms with Gasteiger partial charge < -0.3 is 11.1 Å². The second-order valence-corrected chi connectivity index (χ2v) is 5.92. The fraction of sp³-hybridized carbons (Fsp3) is 0.562. The van der Waals surface area contributed by atoms with Crippen LogP contribution in [0, 0.1) is 18.7 Å². The molecule has 0 aliphatic heterocycles. The minimum Gasteiger partial charge on any atom is -0.345 e. The third-order valence-electron chi connectivity index (χ3n) is 4.61. The summed E-state index contributed by atoms with van der Waals surface area (Å²) in [5.74, 6) is -0.105. The lowest BCUT2D eigenvalue weighted by atomic mass is 9.73. The van der Waals surface area contributed by atoms with Crippen molar-refractivity contribution in [2.75, 3.05) is 6.54 Å². The van der Waals surface area contributed by atoms with Gasteiger partial charge >= 0.3 is 0 Å². The quantitative estimate of drug-likeness (QED) is 0.893. The Morgan fingerprint density at radius 1 is 1.50 bits per heavy atom. The zero-order chi connectivity index (χ0) is 14.8. The van der Waals surface area contributed by atoms with Gasteiger partial charge in [-0.15, -0.1) is 0 Å². The van der Waals surface area contributed by atoms with Crippen LogP contribution in [0.3, 0.4) is 0 Å². The maximum atomic E-state index is 13.1. The normalized spacial score (nSPS) is 26.3. The highest BCUT2D eigenvalue weighted by molar-refractivity contribution is 5.96. The lowest BCUT2D eigenvalue weighted by Crippen LogP contribution is -2.59. The molecular weight excluding hydrogens is 255 g/mol. The summed E-state index contributed by atoms with van der Waals surface area (Å²) in [6.45, 7) is 4.33. The number of aryl methyl sites for hydroxylation is 1. The average Bonchev–Trinajstić information content (AvgIpc) is 2.41. The van der Waals surface area contributed by atoms with E-state index >= 15 is 0 Å². The second-order valence-electron chi connectivity index (χ2n) is 5.92. The van der Waals surface area contributed by atoms with Crippen LogP contribution >= 0.6 is 0 Å². The Morgan fingerprint density at radius 3 is 2.85 bits per heavy atom. The molecule has 0 spiro atoms. The van der Waals surface area contributed by atoms with Crippen LogP contribution in [-0.4, -0.2) is 18.0 Å². The molecule has 4 heteroatoms. The van der Waals surface area contributed by atoms with Gasteiger partial charge in [0.05, 0.1) is 5.54 Å². The van der Waals surface area contributed by atoms with Crippen molar-refractivity contribution in [3.63, 3.8) is 0 Å². The van der Waals surface area contributed by atoms with Gasteiger partial charge in [0.15, 0.2) is 0 Å². The van der Waals surface area contributed by atoms with E-state index in [4.69, 9.17) is 5.73 Å². The van der Waals surface area contributed by atoms with Crippen molar-refractivity contribution >= 4 is 5.91 Å². The van der Waals surface area contributed by atoms with E-state index in [-0.39, 0.29) is 17.3 Å². The molecule has 0 radical (unpaired) electrons. The van der Waals surface area contributed by atoms with Crippen molar-refractivity contribution in [3.8, 4) is 0 Å². The Bertz CT molecular complexity index is 503. The predicted molar refractivity (Wildman–Crippen MR) is 78.0 cm³/mol. The van der Waals surface area contributed by atoms with E-state index in [2.05, 4.69) is 12.2 Å². The van der Waals surface area contributed by atoms with Gasteiger partial charge in [-0.05, 0) is 49.4 Å². The molecule has 110 valence electrons. The van der Waals surface area contributed by atoms with Gasteiger partial charge in [0.25, 0.3) is 5.91 Å². The van der Waals surface area contributed by atoms with E-state index in [1.807, 2.05) is 0 Å². The number of carbonyl (C=O) groups is 1. The highest BCUT2D eigenvalue weighted by Gasteiger charge is 2.38. The molecule has 3 nitrogen and oxygen atoms in total. The van der Waals surface area contributed by atoms with Gasteiger partial charge in [0, 0.05) is 12.1 Å². The summed E-state index contributed by atoms with van der Waals surface area (Å²) in [5.41, 5.74) is 6.80. The molecule has 2 atom stereocenters. The Morgan fingerprint density at radius 2 is 2.25 bits per heavy atom. The number of rotatable bonds is 3.